The summed E-state index contributed by atoms with van der Waals surface area (Å²) in [6.45, 7) is 0. The largest absolute Gasteiger partial charge is 0.355 e. The van der Waals surface area contributed by atoms with Gasteiger partial charge in [0.25, 0.3) is 5.91 Å². The van der Waals surface area contributed by atoms with Gasteiger partial charge in [0, 0.05) is 24.7 Å². The summed E-state index contributed by atoms with van der Waals surface area (Å²) in [5.41, 5.74) is 1.52. The van der Waals surface area contributed by atoms with Crippen molar-refractivity contribution < 1.29 is 9.59 Å². The molecule has 0 saturated heterocycles. The first-order valence-electron chi connectivity index (χ1n) is 8.00. The first-order chi connectivity index (χ1) is 10.7. The lowest BCUT2D eigenvalue weighted by Crippen LogP contribution is -2.33. The van der Waals surface area contributed by atoms with Gasteiger partial charge in [0.15, 0.2) is 0 Å². The monoisotopic (exact) mass is 300 g/mol. The molecule has 2 rings (SSSR count). The molecule has 4 heteroatoms. The van der Waals surface area contributed by atoms with E-state index in [1.807, 2.05) is 12.1 Å². The lowest BCUT2D eigenvalue weighted by Gasteiger charge is -2.14. The Kier molecular flexibility index (Phi) is 6.19. The molecular formula is C18H24N2O2. The molecule has 1 fully saturated rings. The molecule has 0 radical (unpaired) electrons. The van der Waals surface area contributed by atoms with Gasteiger partial charge in [-0.2, -0.15) is 0 Å². The van der Waals surface area contributed by atoms with Crippen LogP contribution in [0.3, 0.4) is 0 Å². The molecule has 22 heavy (non-hydrogen) atoms. The van der Waals surface area contributed by atoms with E-state index in [0.29, 0.717) is 11.6 Å². The summed E-state index contributed by atoms with van der Waals surface area (Å²) < 4.78 is 0. The zero-order valence-corrected chi connectivity index (χ0v) is 13.1. The van der Waals surface area contributed by atoms with E-state index in [1.165, 1.54) is 25.7 Å². The summed E-state index contributed by atoms with van der Waals surface area (Å²) in [6.07, 6.45) is 10.5. The van der Waals surface area contributed by atoms with Gasteiger partial charge in [-0.05, 0) is 36.6 Å². The quantitative estimate of drug-likeness (QED) is 0.663. The molecule has 2 N–H and O–H groups in total. The number of amides is 2. The van der Waals surface area contributed by atoms with E-state index >= 15 is 0 Å². The molecule has 1 aliphatic rings. The SMILES string of the molecule is CNC(=O)c1ccc(/C=C/C(=O)NC2CCCCCC2)cc1. The van der Waals surface area contributed by atoms with Gasteiger partial charge in [0.05, 0.1) is 0 Å². The van der Waals surface area contributed by atoms with E-state index < -0.39 is 0 Å². The molecule has 1 aliphatic carbocycles. The van der Waals surface area contributed by atoms with Crippen LogP contribution in [0.4, 0.5) is 0 Å². The van der Waals surface area contributed by atoms with Gasteiger partial charge in [-0.1, -0.05) is 37.8 Å². The molecule has 0 aromatic heterocycles. The van der Waals surface area contributed by atoms with Crippen molar-refractivity contribution in [2.24, 2.45) is 0 Å². The molecule has 1 saturated carbocycles. The van der Waals surface area contributed by atoms with Crippen LogP contribution in [0.15, 0.2) is 30.3 Å². The second-order valence-electron chi connectivity index (χ2n) is 5.73. The third kappa shape index (κ3) is 5.02. The van der Waals surface area contributed by atoms with Crippen LogP contribution in [0.1, 0.15) is 54.4 Å². The molecule has 4 nitrogen and oxygen atoms in total. The zero-order valence-electron chi connectivity index (χ0n) is 13.1. The molecule has 1 aromatic rings. The van der Waals surface area contributed by atoms with E-state index in [2.05, 4.69) is 10.6 Å². The highest BCUT2D eigenvalue weighted by Gasteiger charge is 2.13. The Labute approximate surface area is 132 Å². The fourth-order valence-electron chi connectivity index (χ4n) is 2.73. The first kappa shape index (κ1) is 16.3. The van der Waals surface area contributed by atoms with E-state index in [1.54, 1.807) is 31.3 Å². The van der Waals surface area contributed by atoms with Crippen molar-refractivity contribution in [3.05, 3.63) is 41.5 Å². The molecule has 2 amide bonds. The summed E-state index contributed by atoms with van der Waals surface area (Å²) in [5.74, 6) is -0.149. The molecule has 0 bridgehead atoms. The van der Waals surface area contributed by atoms with Crippen LogP contribution in [0, 0.1) is 0 Å². The number of benzene rings is 1. The Balaban J connectivity index is 1.87. The van der Waals surface area contributed by atoms with Crippen molar-refractivity contribution in [1.82, 2.24) is 10.6 Å². The van der Waals surface area contributed by atoms with Gasteiger partial charge >= 0.3 is 0 Å². The fraction of sp³-hybridized carbons (Fsp3) is 0.444. The lowest BCUT2D eigenvalue weighted by atomic mass is 10.1. The van der Waals surface area contributed by atoms with Gasteiger partial charge in [0.1, 0.15) is 0 Å². The molecule has 0 unspecified atom stereocenters. The molecule has 1 aromatic carbocycles. The van der Waals surface area contributed by atoms with Crippen molar-refractivity contribution in [2.45, 2.75) is 44.6 Å². The van der Waals surface area contributed by atoms with Crippen molar-refractivity contribution in [3.8, 4) is 0 Å². The number of hydrogen-bond donors (Lipinski definition) is 2. The summed E-state index contributed by atoms with van der Waals surface area (Å²) in [5, 5.41) is 5.66. The average Bonchev–Trinajstić information content (AvgIpc) is 2.81. The minimum Gasteiger partial charge on any atom is -0.355 e. The van der Waals surface area contributed by atoms with Crippen LogP contribution < -0.4 is 10.6 Å². The Morgan fingerprint density at radius 1 is 1.05 bits per heavy atom. The molecule has 0 aliphatic heterocycles. The van der Waals surface area contributed by atoms with E-state index in [0.717, 1.165) is 18.4 Å². The Morgan fingerprint density at radius 3 is 2.27 bits per heavy atom. The Morgan fingerprint density at radius 2 is 1.68 bits per heavy atom. The van der Waals surface area contributed by atoms with Gasteiger partial charge < -0.3 is 10.6 Å². The molecule has 118 valence electrons. The number of nitrogens with one attached hydrogen (secondary N) is 2. The normalized spacial score (nSPS) is 16.2. The van der Waals surface area contributed by atoms with Crippen molar-refractivity contribution >= 4 is 17.9 Å². The van der Waals surface area contributed by atoms with Crippen LogP contribution in [0.2, 0.25) is 0 Å². The van der Waals surface area contributed by atoms with Crippen LogP contribution in [-0.2, 0) is 4.79 Å². The number of carbonyl (C=O) groups is 2. The predicted molar refractivity (Wildman–Crippen MR) is 88.5 cm³/mol. The summed E-state index contributed by atoms with van der Waals surface area (Å²) in [7, 11) is 1.61. The van der Waals surface area contributed by atoms with Gasteiger partial charge in [-0.25, -0.2) is 0 Å². The fourth-order valence-corrected chi connectivity index (χ4v) is 2.73. The standard InChI is InChI=1S/C18H24N2O2/c1-19-18(22)15-11-8-14(9-12-15)10-13-17(21)20-16-6-4-2-3-5-7-16/h8-13,16H,2-7H2,1H3,(H,19,22)(H,20,21)/b13-10+. The lowest BCUT2D eigenvalue weighted by molar-refractivity contribution is -0.117. The third-order valence-electron chi connectivity index (χ3n) is 4.03. The molecule has 0 spiro atoms. The summed E-state index contributed by atoms with van der Waals surface area (Å²) in [4.78, 5) is 23.4. The second kappa shape index (κ2) is 8.37. The van der Waals surface area contributed by atoms with Crippen molar-refractivity contribution in [3.63, 3.8) is 0 Å². The summed E-state index contributed by atoms with van der Waals surface area (Å²) in [6, 6.07) is 7.49. The maximum atomic E-state index is 12.0. The van der Waals surface area contributed by atoms with Gasteiger partial charge in [0.2, 0.25) is 5.91 Å². The van der Waals surface area contributed by atoms with Crippen LogP contribution in [0.5, 0.6) is 0 Å². The van der Waals surface area contributed by atoms with Gasteiger partial charge in [-0.3, -0.25) is 9.59 Å². The Hall–Kier alpha value is -2.10. The highest BCUT2D eigenvalue weighted by Crippen LogP contribution is 2.17. The van der Waals surface area contributed by atoms with Crippen LogP contribution in [0.25, 0.3) is 6.08 Å². The topological polar surface area (TPSA) is 58.2 Å². The number of hydrogen-bond acceptors (Lipinski definition) is 2. The molecular weight excluding hydrogens is 276 g/mol. The van der Waals surface area contributed by atoms with Crippen molar-refractivity contribution in [1.29, 1.82) is 0 Å². The van der Waals surface area contributed by atoms with E-state index in [9.17, 15) is 9.59 Å². The van der Waals surface area contributed by atoms with Crippen LogP contribution in [-0.4, -0.2) is 24.9 Å². The maximum Gasteiger partial charge on any atom is 0.251 e. The minimum atomic E-state index is -0.110. The molecule has 0 heterocycles. The maximum absolute atomic E-state index is 12.0. The minimum absolute atomic E-state index is 0.0396. The number of carbonyl (C=O) groups excluding carboxylic acids is 2. The highest BCUT2D eigenvalue weighted by molar-refractivity contribution is 5.94. The number of rotatable bonds is 4. The van der Waals surface area contributed by atoms with Crippen molar-refractivity contribution in [2.75, 3.05) is 7.05 Å². The van der Waals surface area contributed by atoms with E-state index in [-0.39, 0.29) is 11.8 Å². The Bertz CT molecular complexity index is 527. The third-order valence-corrected chi connectivity index (χ3v) is 4.03. The predicted octanol–water partition coefficient (Wildman–Crippen LogP) is 2.90. The average molecular weight is 300 g/mol. The second-order valence-corrected chi connectivity index (χ2v) is 5.73. The summed E-state index contributed by atoms with van der Waals surface area (Å²) >= 11 is 0. The van der Waals surface area contributed by atoms with E-state index in [4.69, 9.17) is 0 Å². The molecule has 0 atom stereocenters. The van der Waals surface area contributed by atoms with Gasteiger partial charge in [-0.15, -0.1) is 0 Å². The van der Waals surface area contributed by atoms with Crippen LogP contribution >= 0.6 is 0 Å². The first-order valence-corrected chi connectivity index (χ1v) is 8.00. The highest BCUT2D eigenvalue weighted by atomic mass is 16.2. The smallest absolute Gasteiger partial charge is 0.251 e. The zero-order chi connectivity index (χ0) is 15.8.